The number of nitrogens with one attached hydrogen (secondary N) is 1. The first-order chi connectivity index (χ1) is 9.15. The minimum absolute atomic E-state index is 0.242. The molecule has 19 heavy (non-hydrogen) atoms. The highest BCUT2D eigenvalue weighted by Crippen LogP contribution is 2.20. The van der Waals surface area contributed by atoms with Crippen molar-refractivity contribution in [1.82, 2.24) is 0 Å². The Hall–Kier alpha value is -2.00. The first-order valence-corrected chi connectivity index (χ1v) is 6.27. The molecule has 0 aliphatic rings. The van der Waals surface area contributed by atoms with E-state index in [1.165, 1.54) is 0 Å². The van der Waals surface area contributed by atoms with Gasteiger partial charge in [-0.05, 0) is 30.2 Å². The molecule has 0 aromatic heterocycles. The van der Waals surface area contributed by atoms with Crippen molar-refractivity contribution in [2.24, 2.45) is 0 Å². The van der Waals surface area contributed by atoms with Crippen LogP contribution in [0.25, 0.3) is 0 Å². The highest BCUT2D eigenvalue weighted by atomic mass is 35.5. The Balaban J connectivity index is 1.89. The second-order valence-corrected chi connectivity index (χ2v) is 4.56. The number of aryl methyl sites for hydroxylation is 1. The molecule has 1 amide bonds. The van der Waals surface area contributed by atoms with Crippen LogP contribution >= 0.6 is 11.6 Å². The van der Waals surface area contributed by atoms with E-state index >= 15 is 0 Å². The van der Waals surface area contributed by atoms with Gasteiger partial charge in [-0.15, -0.1) is 0 Å². The third kappa shape index (κ3) is 4.00. The van der Waals surface area contributed by atoms with Crippen molar-refractivity contribution in [1.29, 1.82) is 0 Å². The molecule has 98 valence electrons. The van der Waals surface area contributed by atoms with Gasteiger partial charge < -0.3 is 4.74 Å². The normalized spacial score (nSPS) is 10.0. The van der Waals surface area contributed by atoms with Gasteiger partial charge in [0.15, 0.2) is 0 Å². The molecule has 0 heterocycles. The molecule has 0 saturated carbocycles. The van der Waals surface area contributed by atoms with Crippen LogP contribution < -0.4 is 5.32 Å². The SMILES string of the molecule is Cc1ccc(NC(=O)OCc2ccccc2)cc1Cl. The van der Waals surface area contributed by atoms with Crippen molar-refractivity contribution in [3.8, 4) is 0 Å². The smallest absolute Gasteiger partial charge is 0.411 e. The van der Waals surface area contributed by atoms with E-state index in [0.29, 0.717) is 10.7 Å². The second kappa shape index (κ2) is 6.25. The molecule has 2 aromatic rings. The summed E-state index contributed by atoms with van der Waals surface area (Å²) in [4.78, 5) is 11.6. The molecule has 2 rings (SSSR count). The second-order valence-electron chi connectivity index (χ2n) is 4.15. The number of rotatable bonds is 3. The van der Waals surface area contributed by atoms with Gasteiger partial charge in [0, 0.05) is 10.7 Å². The zero-order valence-corrected chi connectivity index (χ0v) is 11.3. The number of hydrogen-bond donors (Lipinski definition) is 1. The number of amides is 1. The summed E-state index contributed by atoms with van der Waals surface area (Å²) in [5.41, 5.74) is 2.53. The maximum absolute atomic E-state index is 11.6. The van der Waals surface area contributed by atoms with Crippen LogP contribution in [0, 0.1) is 6.92 Å². The molecule has 0 radical (unpaired) electrons. The summed E-state index contributed by atoms with van der Waals surface area (Å²) in [5.74, 6) is 0. The van der Waals surface area contributed by atoms with Gasteiger partial charge in [-0.2, -0.15) is 0 Å². The van der Waals surface area contributed by atoms with Crippen LogP contribution in [0.2, 0.25) is 5.02 Å². The van der Waals surface area contributed by atoms with Crippen LogP contribution in [-0.4, -0.2) is 6.09 Å². The van der Waals surface area contributed by atoms with Gasteiger partial charge in [0.1, 0.15) is 6.61 Å². The van der Waals surface area contributed by atoms with Gasteiger partial charge in [-0.3, -0.25) is 5.32 Å². The standard InChI is InChI=1S/C15H14ClNO2/c1-11-7-8-13(9-14(11)16)17-15(18)19-10-12-5-3-2-4-6-12/h2-9H,10H2,1H3,(H,17,18). The highest BCUT2D eigenvalue weighted by molar-refractivity contribution is 6.31. The Bertz CT molecular complexity index is 570. The monoisotopic (exact) mass is 275 g/mol. The first-order valence-electron chi connectivity index (χ1n) is 5.89. The lowest BCUT2D eigenvalue weighted by atomic mass is 10.2. The molecule has 2 aromatic carbocycles. The molecule has 4 heteroatoms. The Morgan fingerprint density at radius 3 is 2.63 bits per heavy atom. The van der Waals surface area contributed by atoms with Crippen LogP contribution in [-0.2, 0) is 11.3 Å². The van der Waals surface area contributed by atoms with Gasteiger partial charge in [0.25, 0.3) is 0 Å². The van der Waals surface area contributed by atoms with Crippen molar-refractivity contribution in [2.45, 2.75) is 13.5 Å². The van der Waals surface area contributed by atoms with Crippen molar-refractivity contribution < 1.29 is 9.53 Å². The summed E-state index contributed by atoms with van der Waals surface area (Å²) in [6.45, 7) is 2.14. The van der Waals surface area contributed by atoms with Gasteiger partial charge in [0.2, 0.25) is 0 Å². The maximum atomic E-state index is 11.6. The summed E-state index contributed by atoms with van der Waals surface area (Å²) in [6.07, 6.45) is -0.497. The average Bonchev–Trinajstić information content (AvgIpc) is 2.42. The number of hydrogen-bond acceptors (Lipinski definition) is 2. The van der Waals surface area contributed by atoms with E-state index in [2.05, 4.69) is 5.32 Å². The predicted molar refractivity (Wildman–Crippen MR) is 76.4 cm³/mol. The molecule has 0 fully saturated rings. The molecule has 0 aliphatic heterocycles. The highest BCUT2D eigenvalue weighted by Gasteiger charge is 2.05. The van der Waals surface area contributed by atoms with Crippen LogP contribution in [0.3, 0.4) is 0 Å². The number of carbonyl (C=O) groups is 1. The minimum atomic E-state index is -0.497. The zero-order valence-electron chi connectivity index (χ0n) is 10.5. The fourth-order valence-electron chi connectivity index (χ4n) is 1.55. The van der Waals surface area contributed by atoms with Crippen molar-refractivity contribution in [3.63, 3.8) is 0 Å². The lowest BCUT2D eigenvalue weighted by Gasteiger charge is -2.08. The molecule has 1 N–H and O–H groups in total. The number of anilines is 1. The van der Waals surface area contributed by atoms with E-state index in [4.69, 9.17) is 16.3 Å². The summed E-state index contributed by atoms with van der Waals surface area (Å²) in [5, 5.41) is 3.25. The summed E-state index contributed by atoms with van der Waals surface area (Å²) in [6, 6.07) is 14.8. The van der Waals surface area contributed by atoms with E-state index in [9.17, 15) is 4.79 Å². The lowest BCUT2D eigenvalue weighted by molar-refractivity contribution is 0.155. The third-order valence-electron chi connectivity index (χ3n) is 2.63. The summed E-state index contributed by atoms with van der Waals surface area (Å²) in [7, 11) is 0. The largest absolute Gasteiger partial charge is 0.444 e. The molecule has 0 bridgehead atoms. The van der Waals surface area contributed by atoms with Gasteiger partial charge in [0.05, 0.1) is 0 Å². The Morgan fingerprint density at radius 1 is 1.21 bits per heavy atom. The fourth-order valence-corrected chi connectivity index (χ4v) is 1.73. The van der Waals surface area contributed by atoms with Crippen molar-refractivity contribution in [2.75, 3.05) is 5.32 Å². The van der Waals surface area contributed by atoms with E-state index in [-0.39, 0.29) is 6.61 Å². The van der Waals surface area contributed by atoms with Crippen LogP contribution in [0.4, 0.5) is 10.5 Å². The van der Waals surface area contributed by atoms with E-state index in [1.807, 2.05) is 43.3 Å². The maximum Gasteiger partial charge on any atom is 0.411 e. The minimum Gasteiger partial charge on any atom is -0.444 e. The summed E-state index contributed by atoms with van der Waals surface area (Å²) >= 11 is 5.98. The molecule has 0 atom stereocenters. The predicted octanol–water partition coefficient (Wildman–Crippen LogP) is 4.40. The van der Waals surface area contributed by atoms with E-state index in [1.54, 1.807) is 12.1 Å². The molecule has 0 spiro atoms. The van der Waals surface area contributed by atoms with E-state index in [0.717, 1.165) is 11.1 Å². The number of carbonyl (C=O) groups excluding carboxylic acids is 1. The zero-order chi connectivity index (χ0) is 13.7. The van der Waals surface area contributed by atoms with Crippen LogP contribution in [0.1, 0.15) is 11.1 Å². The first kappa shape index (κ1) is 13.4. The molecule has 0 saturated heterocycles. The van der Waals surface area contributed by atoms with Gasteiger partial charge in [-0.25, -0.2) is 4.79 Å². The van der Waals surface area contributed by atoms with Crippen molar-refractivity contribution in [3.05, 3.63) is 64.7 Å². The van der Waals surface area contributed by atoms with E-state index < -0.39 is 6.09 Å². The Labute approximate surface area is 117 Å². The molecular weight excluding hydrogens is 262 g/mol. The average molecular weight is 276 g/mol. The molecule has 0 unspecified atom stereocenters. The Morgan fingerprint density at radius 2 is 1.95 bits per heavy atom. The lowest BCUT2D eigenvalue weighted by Crippen LogP contribution is -2.13. The van der Waals surface area contributed by atoms with Gasteiger partial charge >= 0.3 is 6.09 Å². The molecule has 0 aliphatic carbocycles. The topological polar surface area (TPSA) is 38.3 Å². The third-order valence-corrected chi connectivity index (χ3v) is 3.04. The Kier molecular flexibility index (Phi) is 4.42. The molecule has 3 nitrogen and oxygen atoms in total. The van der Waals surface area contributed by atoms with Crippen LogP contribution in [0.15, 0.2) is 48.5 Å². The number of ether oxygens (including phenoxy) is 1. The number of benzene rings is 2. The molecular formula is C15H14ClNO2. The van der Waals surface area contributed by atoms with Gasteiger partial charge in [-0.1, -0.05) is 48.0 Å². The quantitative estimate of drug-likeness (QED) is 0.902. The van der Waals surface area contributed by atoms with Crippen LogP contribution in [0.5, 0.6) is 0 Å². The fraction of sp³-hybridized carbons (Fsp3) is 0.133. The number of halogens is 1. The van der Waals surface area contributed by atoms with Crippen molar-refractivity contribution >= 4 is 23.4 Å². The summed E-state index contributed by atoms with van der Waals surface area (Å²) < 4.78 is 5.11.